The molecule has 126 valence electrons. The summed E-state index contributed by atoms with van der Waals surface area (Å²) >= 11 is 1.55. The largest absolute Gasteiger partial charge is 0.481 e. The van der Waals surface area contributed by atoms with E-state index in [1.807, 2.05) is 23.6 Å². The fraction of sp³-hybridized carbons (Fsp3) is 0.389. The number of carboxylic acids is 1. The monoisotopic (exact) mass is 344 g/mol. The van der Waals surface area contributed by atoms with Crippen LogP contribution >= 0.6 is 11.3 Å². The van der Waals surface area contributed by atoms with Gasteiger partial charge in [0.25, 0.3) is 0 Å². The van der Waals surface area contributed by atoms with Crippen LogP contribution in [-0.2, 0) is 22.4 Å². The Hall–Kier alpha value is -2.21. The van der Waals surface area contributed by atoms with E-state index in [-0.39, 0.29) is 18.4 Å². The van der Waals surface area contributed by atoms with E-state index in [4.69, 9.17) is 5.11 Å². The second kappa shape index (κ2) is 7.57. The summed E-state index contributed by atoms with van der Waals surface area (Å²) in [6.07, 6.45) is 3.18. The highest BCUT2D eigenvalue weighted by Gasteiger charge is 2.33. The smallest absolute Gasteiger partial charge is 0.308 e. The van der Waals surface area contributed by atoms with Crippen LogP contribution < -0.4 is 5.32 Å². The number of hydrogen-bond acceptors (Lipinski definition) is 4. The summed E-state index contributed by atoms with van der Waals surface area (Å²) in [7, 11) is 0. The maximum atomic E-state index is 12.2. The summed E-state index contributed by atoms with van der Waals surface area (Å²) < 4.78 is 0. The van der Waals surface area contributed by atoms with Crippen molar-refractivity contribution in [3.05, 3.63) is 52.0 Å². The van der Waals surface area contributed by atoms with Gasteiger partial charge in [-0.2, -0.15) is 0 Å². The van der Waals surface area contributed by atoms with Gasteiger partial charge in [0, 0.05) is 17.8 Å². The molecule has 0 spiro atoms. The minimum Gasteiger partial charge on any atom is -0.481 e. The van der Waals surface area contributed by atoms with Gasteiger partial charge in [-0.05, 0) is 18.4 Å². The molecule has 1 aliphatic rings. The topological polar surface area (TPSA) is 79.3 Å². The second-order valence-corrected chi connectivity index (χ2v) is 7.06. The molecule has 6 heteroatoms. The molecule has 2 aromatic rings. The van der Waals surface area contributed by atoms with Crippen molar-refractivity contribution in [1.29, 1.82) is 0 Å². The standard InChI is InChI=1S/C18H20N2O3S/c21-16(20-15-8-4-7-14(15)18(22)23)10-13-11-24-17(19-13)9-12-5-2-1-3-6-12/h1-3,5-6,11,14-15H,4,7-10H2,(H,20,21)(H,22,23)/t14-,15+/m1/s1. The maximum Gasteiger partial charge on any atom is 0.308 e. The fourth-order valence-corrected chi connectivity index (χ4v) is 3.96. The van der Waals surface area contributed by atoms with Gasteiger partial charge in [0.05, 0.1) is 23.0 Å². The van der Waals surface area contributed by atoms with Crippen LogP contribution in [0.2, 0.25) is 0 Å². The lowest BCUT2D eigenvalue weighted by atomic mass is 10.0. The second-order valence-electron chi connectivity index (χ2n) is 6.12. The molecular weight excluding hydrogens is 324 g/mol. The van der Waals surface area contributed by atoms with Crippen molar-refractivity contribution in [2.24, 2.45) is 5.92 Å². The van der Waals surface area contributed by atoms with Crippen LogP contribution in [0, 0.1) is 5.92 Å². The van der Waals surface area contributed by atoms with E-state index in [9.17, 15) is 9.59 Å². The minimum atomic E-state index is -0.823. The average molecular weight is 344 g/mol. The van der Waals surface area contributed by atoms with Crippen LogP contribution in [0.5, 0.6) is 0 Å². The molecule has 1 aliphatic carbocycles. The normalized spacial score (nSPS) is 20.0. The first-order valence-corrected chi connectivity index (χ1v) is 8.99. The van der Waals surface area contributed by atoms with Gasteiger partial charge < -0.3 is 10.4 Å². The Morgan fingerprint density at radius 1 is 1.25 bits per heavy atom. The Kier molecular flexibility index (Phi) is 5.25. The number of carbonyl (C=O) groups is 2. The van der Waals surface area contributed by atoms with Crippen LogP contribution in [-0.4, -0.2) is 28.0 Å². The van der Waals surface area contributed by atoms with Gasteiger partial charge in [0.1, 0.15) is 0 Å². The number of hydrogen-bond donors (Lipinski definition) is 2. The lowest BCUT2D eigenvalue weighted by Crippen LogP contribution is -2.40. The van der Waals surface area contributed by atoms with Gasteiger partial charge in [-0.15, -0.1) is 11.3 Å². The van der Waals surface area contributed by atoms with Gasteiger partial charge in [0.15, 0.2) is 0 Å². The van der Waals surface area contributed by atoms with Gasteiger partial charge in [-0.1, -0.05) is 36.8 Å². The molecule has 0 saturated heterocycles. The average Bonchev–Trinajstić information content (AvgIpc) is 3.18. The number of nitrogens with one attached hydrogen (secondary N) is 1. The van der Waals surface area contributed by atoms with Crippen LogP contribution in [0.25, 0.3) is 0 Å². The van der Waals surface area contributed by atoms with E-state index in [1.54, 1.807) is 11.3 Å². The summed E-state index contributed by atoms with van der Waals surface area (Å²) in [5, 5.41) is 14.9. The zero-order chi connectivity index (χ0) is 16.9. The number of carboxylic acid groups (broad SMARTS) is 1. The van der Waals surface area contributed by atoms with Crippen molar-refractivity contribution in [3.63, 3.8) is 0 Å². The molecule has 1 amide bonds. The number of aromatic nitrogens is 1. The Balaban J connectivity index is 1.54. The predicted octanol–water partition coefficient (Wildman–Crippen LogP) is 2.65. The molecule has 0 aliphatic heterocycles. The number of aliphatic carboxylic acids is 1. The number of nitrogens with zero attached hydrogens (tertiary/aromatic N) is 1. The molecule has 0 radical (unpaired) electrons. The van der Waals surface area contributed by atoms with Crippen LogP contribution in [0.3, 0.4) is 0 Å². The van der Waals surface area contributed by atoms with Crippen LogP contribution in [0.4, 0.5) is 0 Å². The highest BCUT2D eigenvalue weighted by molar-refractivity contribution is 7.09. The molecule has 1 aromatic carbocycles. The number of carbonyl (C=O) groups excluding carboxylic acids is 1. The first kappa shape index (κ1) is 16.6. The molecule has 1 saturated carbocycles. The highest BCUT2D eigenvalue weighted by Crippen LogP contribution is 2.26. The molecule has 2 N–H and O–H groups in total. The van der Waals surface area contributed by atoms with E-state index < -0.39 is 11.9 Å². The van der Waals surface area contributed by atoms with Gasteiger partial charge in [-0.3, -0.25) is 9.59 Å². The summed E-state index contributed by atoms with van der Waals surface area (Å²) in [6, 6.07) is 9.83. The van der Waals surface area contributed by atoms with Gasteiger partial charge in [0.2, 0.25) is 5.91 Å². The third kappa shape index (κ3) is 4.20. The SMILES string of the molecule is O=C(Cc1csc(Cc2ccccc2)n1)N[C@H]1CCC[C@H]1C(=O)O. The Morgan fingerprint density at radius 3 is 2.79 bits per heavy atom. The van der Waals surface area contributed by atoms with Crippen molar-refractivity contribution < 1.29 is 14.7 Å². The summed E-state index contributed by atoms with van der Waals surface area (Å²) in [5.74, 6) is -1.43. The quantitative estimate of drug-likeness (QED) is 0.844. The molecule has 0 bridgehead atoms. The molecular formula is C18H20N2O3S. The molecule has 5 nitrogen and oxygen atoms in total. The summed E-state index contributed by atoms with van der Waals surface area (Å²) in [5.41, 5.74) is 1.94. The van der Waals surface area contributed by atoms with Crippen molar-refractivity contribution >= 4 is 23.2 Å². The van der Waals surface area contributed by atoms with Crippen molar-refractivity contribution in [3.8, 4) is 0 Å². The highest BCUT2D eigenvalue weighted by atomic mass is 32.1. The van der Waals surface area contributed by atoms with E-state index in [0.717, 1.165) is 30.0 Å². The third-order valence-electron chi connectivity index (χ3n) is 4.32. The van der Waals surface area contributed by atoms with E-state index in [1.165, 1.54) is 5.56 Å². The number of thiazole rings is 1. The van der Waals surface area contributed by atoms with E-state index in [0.29, 0.717) is 6.42 Å². The van der Waals surface area contributed by atoms with E-state index in [2.05, 4.69) is 22.4 Å². The van der Waals surface area contributed by atoms with Crippen molar-refractivity contribution in [2.75, 3.05) is 0 Å². The number of amides is 1. The Bertz CT molecular complexity index is 714. The van der Waals surface area contributed by atoms with Crippen LogP contribution in [0.15, 0.2) is 35.7 Å². The molecule has 24 heavy (non-hydrogen) atoms. The molecule has 1 heterocycles. The summed E-state index contributed by atoms with van der Waals surface area (Å²) in [6.45, 7) is 0. The van der Waals surface area contributed by atoms with Crippen molar-refractivity contribution in [1.82, 2.24) is 10.3 Å². The molecule has 3 rings (SSSR count). The number of rotatable bonds is 6. The Labute approximate surface area is 144 Å². The predicted molar refractivity (Wildman–Crippen MR) is 92.0 cm³/mol. The number of benzene rings is 1. The summed E-state index contributed by atoms with van der Waals surface area (Å²) in [4.78, 5) is 27.8. The lowest BCUT2D eigenvalue weighted by molar-refractivity contribution is -0.142. The lowest BCUT2D eigenvalue weighted by Gasteiger charge is -2.17. The zero-order valence-electron chi connectivity index (χ0n) is 13.3. The zero-order valence-corrected chi connectivity index (χ0v) is 14.1. The Morgan fingerprint density at radius 2 is 2.04 bits per heavy atom. The minimum absolute atomic E-state index is 0.148. The maximum absolute atomic E-state index is 12.2. The van der Waals surface area contributed by atoms with E-state index >= 15 is 0 Å². The first-order chi connectivity index (χ1) is 11.6. The third-order valence-corrected chi connectivity index (χ3v) is 5.22. The fourth-order valence-electron chi connectivity index (χ4n) is 3.13. The van der Waals surface area contributed by atoms with Crippen LogP contribution in [0.1, 0.15) is 35.5 Å². The molecule has 0 unspecified atom stereocenters. The molecule has 1 aromatic heterocycles. The molecule has 2 atom stereocenters. The first-order valence-electron chi connectivity index (χ1n) is 8.11. The van der Waals surface area contributed by atoms with Gasteiger partial charge >= 0.3 is 5.97 Å². The van der Waals surface area contributed by atoms with Gasteiger partial charge in [-0.25, -0.2) is 4.98 Å². The van der Waals surface area contributed by atoms with Crippen molar-refractivity contribution in [2.45, 2.75) is 38.1 Å². The molecule has 1 fully saturated rings.